The Morgan fingerprint density at radius 1 is 1.31 bits per heavy atom. The molecule has 1 saturated heterocycles. The summed E-state index contributed by atoms with van der Waals surface area (Å²) in [6.07, 6.45) is 3.26. The molecule has 2 aromatic heterocycles. The van der Waals surface area contributed by atoms with Crippen molar-refractivity contribution in [2.24, 2.45) is 0 Å². The van der Waals surface area contributed by atoms with Crippen LogP contribution in [0.15, 0.2) is 42.7 Å². The van der Waals surface area contributed by atoms with Gasteiger partial charge in [0.25, 0.3) is 5.91 Å². The Hall–Kier alpha value is -2.42. The van der Waals surface area contributed by atoms with E-state index in [0.29, 0.717) is 18.5 Å². The Kier molecular flexibility index (Phi) is 4.87. The molecule has 1 aliphatic heterocycles. The summed E-state index contributed by atoms with van der Waals surface area (Å²) < 4.78 is 8.48. The molecular formula is C18H19N5O2S. The molecule has 0 aliphatic carbocycles. The van der Waals surface area contributed by atoms with Crippen LogP contribution in [0.4, 0.5) is 0 Å². The molecule has 0 saturated carbocycles. The lowest BCUT2D eigenvalue weighted by Crippen LogP contribution is -2.53. The van der Waals surface area contributed by atoms with Gasteiger partial charge in [-0.3, -0.25) is 14.7 Å². The molecular weight excluding hydrogens is 350 g/mol. The predicted molar refractivity (Wildman–Crippen MR) is 98.8 cm³/mol. The lowest BCUT2D eigenvalue weighted by molar-refractivity contribution is 0.0349. The van der Waals surface area contributed by atoms with Crippen LogP contribution < -0.4 is 5.32 Å². The molecule has 0 bridgehead atoms. The van der Waals surface area contributed by atoms with Crippen molar-refractivity contribution < 1.29 is 9.90 Å². The molecule has 0 radical (unpaired) electrons. The third-order valence-corrected chi connectivity index (χ3v) is 5.19. The number of aromatic nitrogens is 3. The van der Waals surface area contributed by atoms with Gasteiger partial charge < -0.3 is 10.4 Å². The molecule has 2 unspecified atom stereocenters. The van der Waals surface area contributed by atoms with Gasteiger partial charge >= 0.3 is 0 Å². The molecule has 1 fully saturated rings. The smallest absolute Gasteiger partial charge is 0.253 e. The number of benzene rings is 1. The Morgan fingerprint density at radius 2 is 2.19 bits per heavy atom. The summed E-state index contributed by atoms with van der Waals surface area (Å²) in [5.41, 5.74) is 3.48. The average molecular weight is 369 g/mol. The molecule has 3 heterocycles. The summed E-state index contributed by atoms with van der Waals surface area (Å²) in [5.74, 6) is -0.197. The van der Waals surface area contributed by atoms with Crippen LogP contribution in [0.25, 0.3) is 11.0 Å². The van der Waals surface area contributed by atoms with E-state index in [0.717, 1.165) is 29.7 Å². The van der Waals surface area contributed by atoms with Crippen molar-refractivity contribution >= 4 is 28.7 Å². The van der Waals surface area contributed by atoms with E-state index >= 15 is 0 Å². The molecule has 134 valence electrons. The molecule has 1 aromatic carbocycles. The number of aliphatic hydroxyl groups excluding tert-OH is 1. The van der Waals surface area contributed by atoms with Gasteiger partial charge in [0, 0.05) is 32.0 Å². The SMILES string of the molecule is O=C(NC1CCN(Cc2ccc3nsnc3c2)CC1O)c1cccnc1. The maximum atomic E-state index is 12.2. The number of carbonyl (C=O) groups excluding carboxylic acids is 1. The van der Waals surface area contributed by atoms with Crippen LogP contribution in [0, 0.1) is 0 Å². The number of hydrogen-bond donors (Lipinski definition) is 2. The first kappa shape index (κ1) is 17.0. The van der Waals surface area contributed by atoms with Crippen molar-refractivity contribution in [1.29, 1.82) is 0 Å². The summed E-state index contributed by atoms with van der Waals surface area (Å²) in [6, 6.07) is 9.26. The van der Waals surface area contributed by atoms with E-state index in [9.17, 15) is 9.90 Å². The summed E-state index contributed by atoms with van der Waals surface area (Å²) >= 11 is 1.21. The monoisotopic (exact) mass is 369 g/mol. The topological polar surface area (TPSA) is 91.2 Å². The van der Waals surface area contributed by atoms with Crippen LogP contribution in [0.5, 0.6) is 0 Å². The normalized spacial score (nSPS) is 21.0. The molecule has 3 aromatic rings. The van der Waals surface area contributed by atoms with Crippen molar-refractivity contribution in [3.63, 3.8) is 0 Å². The number of β-amino-alcohol motifs (C(OH)–C–C–N with tert-alkyl or cyclic N) is 1. The summed E-state index contributed by atoms with van der Waals surface area (Å²) in [4.78, 5) is 18.4. The van der Waals surface area contributed by atoms with Crippen LogP contribution in [0.1, 0.15) is 22.3 Å². The first-order valence-electron chi connectivity index (χ1n) is 8.51. The molecule has 2 N–H and O–H groups in total. The van der Waals surface area contributed by atoms with E-state index in [1.165, 1.54) is 17.9 Å². The van der Waals surface area contributed by atoms with E-state index in [4.69, 9.17) is 0 Å². The van der Waals surface area contributed by atoms with E-state index in [1.807, 2.05) is 18.2 Å². The van der Waals surface area contributed by atoms with Gasteiger partial charge in [-0.25, -0.2) is 0 Å². The van der Waals surface area contributed by atoms with Crippen LogP contribution in [0.3, 0.4) is 0 Å². The van der Waals surface area contributed by atoms with Gasteiger partial charge in [-0.1, -0.05) is 6.07 Å². The van der Waals surface area contributed by atoms with E-state index in [2.05, 4.69) is 23.9 Å². The fourth-order valence-corrected chi connectivity index (χ4v) is 3.76. The lowest BCUT2D eigenvalue weighted by atomic mass is 10.0. The first-order chi connectivity index (χ1) is 12.7. The van der Waals surface area contributed by atoms with Gasteiger partial charge in [-0.15, -0.1) is 0 Å². The van der Waals surface area contributed by atoms with Gasteiger partial charge in [0.2, 0.25) is 0 Å². The summed E-state index contributed by atoms with van der Waals surface area (Å²) in [7, 11) is 0. The summed E-state index contributed by atoms with van der Waals surface area (Å²) in [6.45, 7) is 2.07. The maximum absolute atomic E-state index is 12.2. The molecule has 26 heavy (non-hydrogen) atoms. The number of nitrogens with one attached hydrogen (secondary N) is 1. The largest absolute Gasteiger partial charge is 0.390 e. The quantitative estimate of drug-likeness (QED) is 0.723. The number of nitrogens with zero attached hydrogens (tertiary/aromatic N) is 4. The van der Waals surface area contributed by atoms with Gasteiger partial charge in [-0.05, 0) is 36.2 Å². The lowest BCUT2D eigenvalue weighted by Gasteiger charge is -2.36. The van der Waals surface area contributed by atoms with Crippen molar-refractivity contribution in [3.05, 3.63) is 53.9 Å². The van der Waals surface area contributed by atoms with Crippen LogP contribution in [0.2, 0.25) is 0 Å². The van der Waals surface area contributed by atoms with Crippen LogP contribution in [-0.4, -0.2) is 54.9 Å². The highest BCUT2D eigenvalue weighted by Gasteiger charge is 2.29. The zero-order valence-electron chi connectivity index (χ0n) is 14.1. The third kappa shape index (κ3) is 3.72. The highest BCUT2D eigenvalue weighted by Crippen LogP contribution is 2.18. The van der Waals surface area contributed by atoms with E-state index < -0.39 is 6.10 Å². The zero-order chi connectivity index (χ0) is 17.9. The van der Waals surface area contributed by atoms with Crippen molar-refractivity contribution in [1.82, 2.24) is 23.9 Å². The fourth-order valence-electron chi connectivity index (χ4n) is 3.24. The zero-order valence-corrected chi connectivity index (χ0v) is 14.9. The van der Waals surface area contributed by atoms with Gasteiger partial charge in [0.15, 0.2) is 0 Å². The molecule has 7 nitrogen and oxygen atoms in total. The number of rotatable bonds is 4. The average Bonchev–Trinajstić information content (AvgIpc) is 3.12. The highest BCUT2D eigenvalue weighted by molar-refractivity contribution is 7.00. The third-order valence-electron chi connectivity index (χ3n) is 4.63. The molecule has 8 heteroatoms. The van der Waals surface area contributed by atoms with Crippen LogP contribution in [-0.2, 0) is 6.54 Å². The second-order valence-corrected chi connectivity index (χ2v) is 7.03. The number of hydrogen-bond acceptors (Lipinski definition) is 7. The van der Waals surface area contributed by atoms with Crippen LogP contribution >= 0.6 is 11.7 Å². The number of likely N-dealkylation sites (tertiary alicyclic amines) is 1. The van der Waals surface area contributed by atoms with Gasteiger partial charge in [0.1, 0.15) is 11.0 Å². The van der Waals surface area contributed by atoms with Gasteiger partial charge in [0.05, 0.1) is 29.4 Å². The predicted octanol–water partition coefficient (Wildman–Crippen LogP) is 1.45. The molecule has 0 spiro atoms. The number of amides is 1. The highest BCUT2D eigenvalue weighted by atomic mass is 32.1. The Balaban J connectivity index is 1.35. The number of aliphatic hydroxyl groups is 1. The second-order valence-electron chi connectivity index (χ2n) is 6.50. The van der Waals surface area contributed by atoms with E-state index in [1.54, 1.807) is 18.3 Å². The fraction of sp³-hybridized carbons (Fsp3) is 0.333. The minimum absolute atomic E-state index is 0.197. The standard InChI is InChI=1S/C18H19N5O2S/c24-17-11-23(10-12-3-4-14-16(8-12)22-26-21-14)7-5-15(17)20-18(25)13-2-1-6-19-9-13/h1-4,6,8-9,15,17,24H,5,7,10-11H2,(H,20,25). The maximum Gasteiger partial charge on any atom is 0.253 e. The minimum atomic E-state index is -0.603. The molecule has 4 rings (SSSR count). The van der Waals surface area contributed by atoms with Crippen molar-refractivity contribution in [2.75, 3.05) is 13.1 Å². The second kappa shape index (κ2) is 7.45. The molecule has 1 amide bonds. The Labute approximate surface area is 155 Å². The number of pyridine rings is 1. The first-order valence-corrected chi connectivity index (χ1v) is 9.24. The minimum Gasteiger partial charge on any atom is -0.390 e. The molecule has 1 aliphatic rings. The Morgan fingerprint density at radius 3 is 3.00 bits per heavy atom. The van der Waals surface area contributed by atoms with Crippen molar-refractivity contribution in [3.8, 4) is 0 Å². The molecule has 2 atom stereocenters. The van der Waals surface area contributed by atoms with Crippen molar-refractivity contribution in [2.45, 2.75) is 25.1 Å². The van der Waals surface area contributed by atoms with Gasteiger partial charge in [-0.2, -0.15) is 8.75 Å². The number of piperidine rings is 1. The number of fused-ring (bicyclic) bond motifs is 1. The Bertz CT molecular complexity index is 901. The number of carbonyl (C=O) groups is 1. The summed E-state index contributed by atoms with van der Waals surface area (Å²) in [5, 5.41) is 13.4. The van der Waals surface area contributed by atoms with E-state index in [-0.39, 0.29) is 11.9 Å².